The number of aliphatic carboxylic acids is 1. The molecule has 5 nitrogen and oxygen atoms in total. The van der Waals surface area contributed by atoms with Crippen molar-refractivity contribution < 1.29 is 19.1 Å². The van der Waals surface area contributed by atoms with Crippen molar-refractivity contribution in [1.82, 2.24) is 0 Å². The summed E-state index contributed by atoms with van der Waals surface area (Å²) >= 11 is 6.10. The Hall–Kier alpha value is -2.79. The molecule has 3 N–H and O–H groups in total. The topological polar surface area (TPSA) is 93.5 Å². The van der Waals surface area contributed by atoms with Crippen molar-refractivity contribution in [2.75, 3.05) is 5.73 Å². The number of nitrogens with two attached hydrogens (primary N) is 1. The number of nitrogen functional groups attached to an aromatic ring is 1. The van der Waals surface area contributed by atoms with Crippen molar-refractivity contribution >= 4 is 40.0 Å². The maximum absolute atomic E-state index is 12.8. The highest BCUT2D eigenvalue weighted by atomic mass is 35.5. The minimum atomic E-state index is -0.948. The van der Waals surface area contributed by atoms with Gasteiger partial charge in [0, 0.05) is 34.7 Å². The van der Waals surface area contributed by atoms with Gasteiger partial charge in [0.05, 0.1) is 5.02 Å². The number of furan rings is 1. The van der Waals surface area contributed by atoms with Gasteiger partial charge in [-0.15, -0.1) is 0 Å². The minimum absolute atomic E-state index is 0.102. The summed E-state index contributed by atoms with van der Waals surface area (Å²) in [5.41, 5.74) is 7.57. The quantitative estimate of drug-likeness (QED) is 0.541. The lowest BCUT2D eigenvalue weighted by Crippen LogP contribution is -2.06. The summed E-state index contributed by atoms with van der Waals surface area (Å²) in [5, 5.41) is 9.96. The number of carbonyl (C=O) groups excluding carboxylic acids is 1. The molecule has 0 spiro atoms. The minimum Gasteiger partial charge on any atom is -0.481 e. The zero-order chi connectivity index (χ0) is 17.3. The molecule has 0 bridgehead atoms. The third kappa shape index (κ3) is 2.98. The molecular formula is C18H14ClNO4. The van der Waals surface area contributed by atoms with Crippen molar-refractivity contribution in [3.05, 3.63) is 64.4 Å². The Balaban J connectivity index is 2.15. The van der Waals surface area contributed by atoms with E-state index >= 15 is 0 Å². The Morgan fingerprint density at radius 2 is 1.92 bits per heavy atom. The third-order valence-electron chi connectivity index (χ3n) is 3.73. The van der Waals surface area contributed by atoms with Gasteiger partial charge in [-0.3, -0.25) is 9.59 Å². The van der Waals surface area contributed by atoms with E-state index in [2.05, 4.69) is 0 Å². The van der Waals surface area contributed by atoms with Crippen LogP contribution in [-0.2, 0) is 11.2 Å². The van der Waals surface area contributed by atoms with Crippen molar-refractivity contribution in [2.45, 2.75) is 12.8 Å². The van der Waals surface area contributed by atoms with Crippen LogP contribution in [0.1, 0.15) is 28.1 Å². The van der Waals surface area contributed by atoms with Gasteiger partial charge in [0.1, 0.15) is 5.58 Å². The van der Waals surface area contributed by atoms with E-state index in [9.17, 15) is 9.59 Å². The zero-order valence-corrected chi connectivity index (χ0v) is 13.3. The molecule has 3 rings (SSSR count). The summed E-state index contributed by atoms with van der Waals surface area (Å²) in [7, 11) is 0. The standard InChI is InChI=1S/C18H14ClNO4/c19-14-4-2-1-3-13(14)17(23)18-12(7-8-16(21)22)11-6-5-10(20)9-15(11)24-18/h1-6,9H,7-8,20H2,(H,21,22). The highest BCUT2D eigenvalue weighted by Crippen LogP contribution is 2.31. The Bertz CT molecular complexity index is 945. The number of carbonyl (C=O) groups is 2. The van der Waals surface area contributed by atoms with E-state index < -0.39 is 5.97 Å². The molecule has 1 aromatic heterocycles. The fraction of sp³-hybridized carbons (Fsp3) is 0.111. The van der Waals surface area contributed by atoms with Crippen LogP contribution < -0.4 is 5.73 Å². The molecular weight excluding hydrogens is 330 g/mol. The summed E-state index contributed by atoms with van der Waals surface area (Å²) < 4.78 is 5.70. The average Bonchev–Trinajstić information content (AvgIpc) is 2.90. The zero-order valence-electron chi connectivity index (χ0n) is 12.6. The van der Waals surface area contributed by atoms with Gasteiger partial charge in [-0.1, -0.05) is 23.7 Å². The molecule has 0 amide bonds. The average molecular weight is 344 g/mol. The number of rotatable bonds is 5. The molecule has 1 heterocycles. The fourth-order valence-electron chi connectivity index (χ4n) is 2.60. The Morgan fingerprint density at radius 1 is 1.17 bits per heavy atom. The van der Waals surface area contributed by atoms with Crippen molar-refractivity contribution in [3.8, 4) is 0 Å². The van der Waals surface area contributed by atoms with Crippen LogP contribution >= 0.6 is 11.6 Å². The number of hydrogen-bond donors (Lipinski definition) is 2. The molecule has 0 aliphatic carbocycles. The van der Waals surface area contributed by atoms with Gasteiger partial charge in [-0.2, -0.15) is 0 Å². The monoisotopic (exact) mass is 343 g/mol. The van der Waals surface area contributed by atoms with Crippen LogP contribution in [0.3, 0.4) is 0 Å². The first-order chi connectivity index (χ1) is 11.5. The molecule has 0 radical (unpaired) electrons. The van der Waals surface area contributed by atoms with E-state index in [-0.39, 0.29) is 24.4 Å². The molecule has 0 saturated carbocycles. The van der Waals surface area contributed by atoms with Gasteiger partial charge < -0.3 is 15.3 Å². The molecule has 6 heteroatoms. The van der Waals surface area contributed by atoms with E-state index in [1.807, 2.05) is 0 Å². The fourth-order valence-corrected chi connectivity index (χ4v) is 2.82. The SMILES string of the molecule is Nc1ccc2c(CCC(=O)O)c(C(=O)c3ccccc3Cl)oc2c1. The molecule has 3 aromatic rings. The highest BCUT2D eigenvalue weighted by molar-refractivity contribution is 6.35. The van der Waals surface area contributed by atoms with E-state index in [0.29, 0.717) is 32.8 Å². The van der Waals surface area contributed by atoms with Gasteiger partial charge in [0.25, 0.3) is 0 Å². The molecule has 0 atom stereocenters. The van der Waals surface area contributed by atoms with E-state index in [4.69, 9.17) is 26.9 Å². The predicted molar refractivity (Wildman–Crippen MR) is 91.5 cm³/mol. The number of ketones is 1. The lowest BCUT2D eigenvalue weighted by Gasteiger charge is -2.03. The summed E-state index contributed by atoms with van der Waals surface area (Å²) in [6.07, 6.45) is 0.0690. The number of anilines is 1. The molecule has 2 aromatic carbocycles. The van der Waals surface area contributed by atoms with E-state index in [0.717, 1.165) is 0 Å². The van der Waals surface area contributed by atoms with E-state index in [1.54, 1.807) is 42.5 Å². The molecule has 0 aliphatic heterocycles. The van der Waals surface area contributed by atoms with Crippen molar-refractivity contribution in [3.63, 3.8) is 0 Å². The Labute approximate surface area is 142 Å². The number of carboxylic acid groups (broad SMARTS) is 1. The summed E-state index contributed by atoms with van der Waals surface area (Å²) in [6, 6.07) is 11.7. The van der Waals surface area contributed by atoms with Crippen LogP contribution in [0.2, 0.25) is 5.02 Å². The van der Waals surface area contributed by atoms with Crippen LogP contribution in [0.15, 0.2) is 46.9 Å². The summed E-state index contributed by atoms with van der Waals surface area (Å²) in [5.74, 6) is -1.23. The Kier molecular flexibility index (Phi) is 4.27. The third-order valence-corrected chi connectivity index (χ3v) is 4.06. The van der Waals surface area contributed by atoms with Crippen LogP contribution in [-0.4, -0.2) is 16.9 Å². The van der Waals surface area contributed by atoms with Gasteiger partial charge in [-0.05, 0) is 30.7 Å². The number of halogens is 1. The predicted octanol–water partition coefficient (Wildman–Crippen LogP) is 3.92. The van der Waals surface area contributed by atoms with Crippen molar-refractivity contribution in [2.24, 2.45) is 0 Å². The molecule has 24 heavy (non-hydrogen) atoms. The highest BCUT2D eigenvalue weighted by Gasteiger charge is 2.23. The maximum Gasteiger partial charge on any atom is 0.303 e. The van der Waals surface area contributed by atoms with Crippen LogP contribution in [0.25, 0.3) is 11.0 Å². The first-order valence-corrected chi connectivity index (χ1v) is 7.67. The second kappa shape index (κ2) is 6.37. The smallest absolute Gasteiger partial charge is 0.303 e. The molecule has 0 saturated heterocycles. The lowest BCUT2D eigenvalue weighted by atomic mass is 10.0. The van der Waals surface area contributed by atoms with Crippen LogP contribution in [0.4, 0.5) is 5.69 Å². The van der Waals surface area contributed by atoms with Gasteiger partial charge in [0.15, 0.2) is 5.76 Å². The van der Waals surface area contributed by atoms with Gasteiger partial charge >= 0.3 is 5.97 Å². The van der Waals surface area contributed by atoms with E-state index in [1.165, 1.54) is 0 Å². The largest absolute Gasteiger partial charge is 0.481 e. The molecule has 122 valence electrons. The number of benzene rings is 2. The van der Waals surface area contributed by atoms with Gasteiger partial charge in [0.2, 0.25) is 5.78 Å². The molecule has 0 aliphatic rings. The lowest BCUT2D eigenvalue weighted by molar-refractivity contribution is -0.136. The van der Waals surface area contributed by atoms with Gasteiger partial charge in [-0.25, -0.2) is 0 Å². The maximum atomic E-state index is 12.8. The first kappa shape index (κ1) is 16.1. The molecule has 0 fully saturated rings. The van der Waals surface area contributed by atoms with Crippen LogP contribution in [0.5, 0.6) is 0 Å². The number of fused-ring (bicyclic) bond motifs is 1. The molecule has 0 unspecified atom stereocenters. The second-order valence-electron chi connectivity index (χ2n) is 5.37. The second-order valence-corrected chi connectivity index (χ2v) is 5.78. The van der Waals surface area contributed by atoms with Crippen molar-refractivity contribution in [1.29, 1.82) is 0 Å². The summed E-state index contributed by atoms with van der Waals surface area (Å²) in [6.45, 7) is 0. The normalized spacial score (nSPS) is 10.9. The Morgan fingerprint density at radius 3 is 2.62 bits per heavy atom. The number of hydrogen-bond acceptors (Lipinski definition) is 4. The first-order valence-electron chi connectivity index (χ1n) is 7.29. The summed E-state index contributed by atoms with van der Waals surface area (Å²) in [4.78, 5) is 23.8. The van der Waals surface area contributed by atoms with Crippen LogP contribution in [0, 0.1) is 0 Å². The number of aryl methyl sites for hydroxylation is 1. The number of carboxylic acids is 1.